The third kappa shape index (κ3) is 17.7. The molecule has 0 aliphatic rings. The summed E-state index contributed by atoms with van der Waals surface area (Å²) < 4.78 is 0. The molecule has 120 valence electrons. The maximum Gasteiger partial charge on any atom is -0.0351 e. The van der Waals surface area contributed by atoms with Gasteiger partial charge in [0.15, 0.2) is 0 Å². The smallest absolute Gasteiger partial charge is 0.0351 e. The second-order valence-electron chi connectivity index (χ2n) is 6.77. The van der Waals surface area contributed by atoms with E-state index in [1.807, 2.05) is 0 Å². The molecule has 0 aromatic heterocycles. The topological polar surface area (TPSA) is 0 Å². The lowest BCUT2D eigenvalue weighted by Gasteiger charge is -2.04. The van der Waals surface area contributed by atoms with Gasteiger partial charge in [0.05, 0.1) is 0 Å². The summed E-state index contributed by atoms with van der Waals surface area (Å²) in [6.07, 6.45) is 24.5. The fraction of sp³-hybridized carbons (Fsp3) is 0.900. The van der Waals surface area contributed by atoms with E-state index in [4.69, 9.17) is 0 Å². The minimum absolute atomic E-state index is 0.892. The van der Waals surface area contributed by atoms with Gasteiger partial charge in [-0.1, -0.05) is 97.1 Å². The molecule has 0 aliphatic carbocycles. The van der Waals surface area contributed by atoms with Gasteiger partial charge in [-0.05, 0) is 31.6 Å². The van der Waals surface area contributed by atoms with Crippen LogP contribution in [0.5, 0.6) is 0 Å². The van der Waals surface area contributed by atoms with Crippen molar-refractivity contribution in [1.82, 2.24) is 0 Å². The number of hydrogen-bond donors (Lipinski definition) is 0. The number of rotatable bonds is 15. The Morgan fingerprint density at radius 3 is 1.55 bits per heavy atom. The van der Waals surface area contributed by atoms with Gasteiger partial charge in [-0.25, -0.2) is 0 Å². The van der Waals surface area contributed by atoms with Gasteiger partial charge in [-0.2, -0.15) is 0 Å². The summed E-state index contributed by atoms with van der Waals surface area (Å²) in [5.74, 6) is 0.892. The van der Waals surface area contributed by atoms with Crippen LogP contribution in [0.2, 0.25) is 0 Å². The van der Waals surface area contributed by atoms with Gasteiger partial charge >= 0.3 is 0 Å². The van der Waals surface area contributed by atoms with Crippen molar-refractivity contribution in [3.05, 3.63) is 12.2 Å². The quantitative estimate of drug-likeness (QED) is 0.213. The van der Waals surface area contributed by atoms with Crippen molar-refractivity contribution >= 4 is 0 Å². The monoisotopic (exact) mass is 280 g/mol. The zero-order valence-corrected chi connectivity index (χ0v) is 14.6. The van der Waals surface area contributed by atoms with Gasteiger partial charge in [0.2, 0.25) is 0 Å². The van der Waals surface area contributed by atoms with Crippen LogP contribution in [-0.2, 0) is 0 Å². The molecule has 0 bridgehead atoms. The highest BCUT2D eigenvalue weighted by molar-refractivity contribution is 4.81. The number of allylic oxidation sites excluding steroid dienone is 2. The summed E-state index contributed by atoms with van der Waals surface area (Å²) in [7, 11) is 0. The highest BCUT2D eigenvalue weighted by Gasteiger charge is 1.94. The van der Waals surface area contributed by atoms with E-state index in [9.17, 15) is 0 Å². The lowest BCUT2D eigenvalue weighted by molar-refractivity contribution is 0.509. The van der Waals surface area contributed by atoms with Crippen molar-refractivity contribution in [1.29, 1.82) is 0 Å². The van der Waals surface area contributed by atoms with Crippen LogP contribution in [0, 0.1) is 5.92 Å². The molecular formula is C20H40. The molecule has 0 atom stereocenters. The van der Waals surface area contributed by atoms with E-state index in [0.717, 1.165) is 5.92 Å². The number of hydrogen-bond acceptors (Lipinski definition) is 0. The SMILES string of the molecule is CCCCCC/C=C/CCCCCCCCCC(C)C. The van der Waals surface area contributed by atoms with Gasteiger partial charge < -0.3 is 0 Å². The summed E-state index contributed by atoms with van der Waals surface area (Å²) in [6.45, 7) is 6.94. The molecule has 0 aromatic rings. The van der Waals surface area contributed by atoms with Gasteiger partial charge in [0, 0.05) is 0 Å². The average Bonchev–Trinajstić information content (AvgIpc) is 2.43. The van der Waals surface area contributed by atoms with Crippen LogP contribution in [0.3, 0.4) is 0 Å². The Labute approximate surface area is 129 Å². The fourth-order valence-electron chi connectivity index (χ4n) is 2.62. The van der Waals surface area contributed by atoms with E-state index in [2.05, 4.69) is 32.9 Å². The van der Waals surface area contributed by atoms with E-state index in [0.29, 0.717) is 0 Å². The Balaban J connectivity index is 3.03. The number of unbranched alkanes of at least 4 members (excludes halogenated alkanes) is 11. The molecule has 0 heterocycles. The first-order chi connectivity index (χ1) is 9.77. The van der Waals surface area contributed by atoms with Crippen LogP contribution >= 0.6 is 0 Å². The van der Waals surface area contributed by atoms with E-state index in [1.54, 1.807) is 0 Å². The van der Waals surface area contributed by atoms with Crippen LogP contribution in [0.15, 0.2) is 12.2 Å². The lowest BCUT2D eigenvalue weighted by Crippen LogP contribution is -1.87. The maximum absolute atomic E-state index is 2.41. The summed E-state index contributed by atoms with van der Waals surface area (Å²) in [5.41, 5.74) is 0. The van der Waals surface area contributed by atoms with Crippen molar-refractivity contribution in [2.24, 2.45) is 5.92 Å². The molecule has 0 N–H and O–H groups in total. The predicted octanol–water partition coefficient (Wildman–Crippen LogP) is 7.68. The first kappa shape index (κ1) is 19.7. The third-order valence-electron chi connectivity index (χ3n) is 4.04. The van der Waals surface area contributed by atoms with E-state index >= 15 is 0 Å². The normalized spacial score (nSPS) is 11.8. The summed E-state index contributed by atoms with van der Waals surface area (Å²) >= 11 is 0. The fourth-order valence-corrected chi connectivity index (χ4v) is 2.62. The summed E-state index contributed by atoms with van der Waals surface area (Å²) in [5, 5.41) is 0. The first-order valence-electron chi connectivity index (χ1n) is 9.42. The van der Waals surface area contributed by atoms with Gasteiger partial charge in [0.1, 0.15) is 0 Å². The zero-order valence-electron chi connectivity index (χ0n) is 14.6. The standard InChI is InChI=1S/C20H40/c1-4-5-6-7-8-9-10-11-12-13-14-15-16-17-18-19-20(2)3/h9-10,20H,4-8,11-19H2,1-3H3/b10-9+. The molecule has 0 saturated heterocycles. The third-order valence-corrected chi connectivity index (χ3v) is 4.04. The molecule has 0 radical (unpaired) electrons. The minimum Gasteiger partial charge on any atom is -0.0885 e. The Hall–Kier alpha value is -0.260. The van der Waals surface area contributed by atoms with E-state index in [-0.39, 0.29) is 0 Å². The molecule has 0 heteroatoms. The molecule has 0 nitrogen and oxygen atoms in total. The highest BCUT2D eigenvalue weighted by atomic mass is 14.0. The van der Waals surface area contributed by atoms with Crippen LogP contribution in [0.25, 0.3) is 0 Å². The Morgan fingerprint density at radius 1 is 0.600 bits per heavy atom. The van der Waals surface area contributed by atoms with Crippen molar-refractivity contribution < 1.29 is 0 Å². The van der Waals surface area contributed by atoms with Crippen molar-refractivity contribution in [3.8, 4) is 0 Å². The van der Waals surface area contributed by atoms with Crippen molar-refractivity contribution in [2.75, 3.05) is 0 Å². The van der Waals surface area contributed by atoms with Crippen molar-refractivity contribution in [3.63, 3.8) is 0 Å². The Kier molecular flexibility index (Phi) is 16.6. The zero-order chi connectivity index (χ0) is 14.9. The minimum atomic E-state index is 0.892. The molecule has 0 unspecified atom stereocenters. The largest absolute Gasteiger partial charge is 0.0885 e. The summed E-state index contributed by atoms with van der Waals surface area (Å²) in [6, 6.07) is 0. The van der Waals surface area contributed by atoms with Crippen LogP contribution in [-0.4, -0.2) is 0 Å². The second kappa shape index (κ2) is 16.8. The maximum atomic E-state index is 2.41. The van der Waals surface area contributed by atoms with Crippen LogP contribution in [0.1, 0.15) is 111 Å². The predicted molar refractivity (Wildman–Crippen MR) is 94.3 cm³/mol. The molecule has 0 rings (SSSR count). The Morgan fingerprint density at radius 2 is 1.05 bits per heavy atom. The molecule has 0 aromatic carbocycles. The summed E-state index contributed by atoms with van der Waals surface area (Å²) in [4.78, 5) is 0. The van der Waals surface area contributed by atoms with Crippen LogP contribution < -0.4 is 0 Å². The Bertz CT molecular complexity index is 190. The average molecular weight is 281 g/mol. The molecule has 0 spiro atoms. The van der Waals surface area contributed by atoms with Gasteiger partial charge in [0.25, 0.3) is 0 Å². The van der Waals surface area contributed by atoms with E-state index < -0.39 is 0 Å². The molecule has 0 saturated carbocycles. The molecule has 0 amide bonds. The van der Waals surface area contributed by atoms with Crippen LogP contribution in [0.4, 0.5) is 0 Å². The van der Waals surface area contributed by atoms with Crippen molar-refractivity contribution in [2.45, 2.75) is 111 Å². The van der Waals surface area contributed by atoms with E-state index in [1.165, 1.54) is 89.9 Å². The molecular weight excluding hydrogens is 240 g/mol. The highest BCUT2D eigenvalue weighted by Crippen LogP contribution is 2.12. The van der Waals surface area contributed by atoms with Gasteiger partial charge in [-0.15, -0.1) is 0 Å². The first-order valence-corrected chi connectivity index (χ1v) is 9.42. The lowest BCUT2D eigenvalue weighted by atomic mass is 10.0. The van der Waals surface area contributed by atoms with Gasteiger partial charge in [-0.3, -0.25) is 0 Å². The second-order valence-corrected chi connectivity index (χ2v) is 6.77. The molecule has 20 heavy (non-hydrogen) atoms. The molecule has 0 fully saturated rings. The molecule has 0 aliphatic heterocycles.